The number of carbonyl (C=O) groups is 1. The van der Waals surface area contributed by atoms with E-state index in [2.05, 4.69) is 0 Å². The van der Waals surface area contributed by atoms with E-state index in [0.29, 0.717) is 4.90 Å². The van der Waals surface area contributed by atoms with Crippen molar-refractivity contribution in [2.45, 2.75) is 36.8 Å². The van der Waals surface area contributed by atoms with Crippen molar-refractivity contribution in [1.82, 2.24) is 4.90 Å². The van der Waals surface area contributed by atoms with Gasteiger partial charge in [0.25, 0.3) is 0 Å². The topological polar surface area (TPSA) is 105 Å². The normalized spacial score (nSPS) is 38.5. The van der Waals surface area contributed by atoms with Crippen molar-refractivity contribution in [1.29, 1.82) is 0 Å². The molecule has 2 rings (SSSR count). The Hall–Kier alpha value is -0.940. The van der Waals surface area contributed by atoms with Crippen LogP contribution in [-0.2, 0) is 14.3 Å². The molecule has 5 atom stereocenters. The molecule has 2 fully saturated rings. The molecule has 7 nitrogen and oxygen atoms in total. The number of rotatable bonds is 1. The molecule has 0 bridgehead atoms. The summed E-state index contributed by atoms with van der Waals surface area (Å²) in [4.78, 5) is 11.8. The lowest BCUT2D eigenvalue weighted by molar-refractivity contribution is -0.300. The average Bonchev–Trinajstić information content (AvgIpc) is 2.40. The zero-order valence-corrected chi connectivity index (χ0v) is 10.3. The lowest BCUT2D eigenvalue weighted by atomic mass is 9.94. The van der Waals surface area contributed by atoms with E-state index in [9.17, 15) is 28.2 Å². The van der Waals surface area contributed by atoms with Gasteiger partial charge >= 0.3 is 12.1 Å². The van der Waals surface area contributed by atoms with Gasteiger partial charge in [0.2, 0.25) is 0 Å². The van der Waals surface area contributed by atoms with Crippen LogP contribution in [0, 0.1) is 0 Å². The SMILES string of the molecule is NC[C@H]1O[C@@H]2OCCN(C(=O)C(F)(F)F)[C@@H]2[C@@H](O)[C@H]1O. The van der Waals surface area contributed by atoms with Gasteiger partial charge in [-0.1, -0.05) is 0 Å². The second kappa shape index (κ2) is 5.45. The highest BCUT2D eigenvalue weighted by Crippen LogP contribution is 2.31. The Morgan fingerprint density at radius 2 is 2.00 bits per heavy atom. The van der Waals surface area contributed by atoms with Crippen LogP contribution in [0.5, 0.6) is 0 Å². The van der Waals surface area contributed by atoms with Crippen molar-refractivity contribution in [2.24, 2.45) is 5.73 Å². The third kappa shape index (κ3) is 2.61. The van der Waals surface area contributed by atoms with Gasteiger partial charge in [-0.25, -0.2) is 0 Å². The highest BCUT2D eigenvalue weighted by molar-refractivity contribution is 5.82. The molecule has 0 aromatic carbocycles. The fourth-order valence-electron chi connectivity index (χ4n) is 2.40. The van der Waals surface area contributed by atoms with Gasteiger partial charge in [-0.15, -0.1) is 0 Å². The summed E-state index contributed by atoms with van der Waals surface area (Å²) in [6.45, 7) is -0.652. The molecule has 0 spiro atoms. The van der Waals surface area contributed by atoms with Crippen molar-refractivity contribution >= 4 is 5.91 Å². The summed E-state index contributed by atoms with van der Waals surface area (Å²) in [5.74, 6) is -2.10. The van der Waals surface area contributed by atoms with Gasteiger partial charge in [0.15, 0.2) is 6.29 Å². The minimum absolute atomic E-state index is 0.141. The molecule has 0 radical (unpaired) electrons. The van der Waals surface area contributed by atoms with Crippen LogP contribution in [0.15, 0.2) is 0 Å². The Labute approximate surface area is 112 Å². The third-order valence-electron chi connectivity index (χ3n) is 3.38. The van der Waals surface area contributed by atoms with Gasteiger partial charge in [0.1, 0.15) is 24.4 Å². The summed E-state index contributed by atoms with van der Waals surface area (Å²) in [6, 6.07) is -1.42. The summed E-state index contributed by atoms with van der Waals surface area (Å²) in [5.41, 5.74) is 5.33. The molecule has 0 saturated carbocycles. The maximum Gasteiger partial charge on any atom is 0.471 e. The molecule has 4 N–H and O–H groups in total. The van der Waals surface area contributed by atoms with Crippen molar-refractivity contribution < 1.29 is 37.7 Å². The van der Waals surface area contributed by atoms with E-state index in [1.807, 2.05) is 0 Å². The number of hydrogen-bond donors (Lipinski definition) is 3. The number of alkyl halides is 3. The number of aliphatic hydroxyl groups is 2. The first-order chi connectivity index (χ1) is 9.27. The van der Waals surface area contributed by atoms with E-state index < -0.39 is 42.7 Å². The number of ether oxygens (including phenoxy) is 2. The van der Waals surface area contributed by atoms with Crippen LogP contribution in [0.3, 0.4) is 0 Å². The van der Waals surface area contributed by atoms with E-state index in [4.69, 9.17) is 15.2 Å². The number of aliphatic hydroxyl groups excluding tert-OH is 2. The smallest absolute Gasteiger partial charge is 0.388 e. The Bertz CT molecular complexity index is 378. The third-order valence-corrected chi connectivity index (χ3v) is 3.38. The van der Waals surface area contributed by atoms with Gasteiger partial charge in [-0.2, -0.15) is 13.2 Å². The number of halogens is 3. The number of amides is 1. The molecule has 2 aliphatic heterocycles. The summed E-state index contributed by atoms with van der Waals surface area (Å²) in [7, 11) is 0. The molecule has 2 saturated heterocycles. The van der Waals surface area contributed by atoms with E-state index in [-0.39, 0.29) is 19.7 Å². The van der Waals surface area contributed by atoms with Crippen LogP contribution in [0.2, 0.25) is 0 Å². The second-order valence-corrected chi connectivity index (χ2v) is 4.62. The van der Waals surface area contributed by atoms with Gasteiger partial charge in [0.05, 0.1) is 6.61 Å². The Morgan fingerprint density at radius 1 is 1.35 bits per heavy atom. The number of nitrogens with two attached hydrogens (primary N) is 1. The van der Waals surface area contributed by atoms with Gasteiger partial charge in [-0.3, -0.25) is 4.79 Å². The molecule has 10 heteroatoms. The fourth-order valence-corrected chi connectivity index (χ4v) is 2.40. The van der Waals surface area contributed by atoms with Crippen molar-refractivity contribution in [3.05, 3.63) is 0 Å². The van der Waals surface area contributed by atoms with Crippen molar-refractivity contribution in [2.75, 3.05) is 19.7 Å². The number of morpholine rings is 1. The second-order valence-electron chi connectivity index (χ2n) is 4.62. The predicted molar refractivity (Wildman–Crippen MR) is 57.2 cm³/mol. The number of carbonyl (C=O) groups excluding carboxylic acids is 1. The Balaban J connectivity index is 2.23. The Kier molecular flexibility index (Phi) is 4.21. The zero-order chi connectivity index (χ0) is 15.1. The van der Waals surface area contributed by atoms with Gasteiger partial charge < -0.3 is 30.3 Å². The quantitative estimate of drug-likeness (QED) is 0.527. The van der Waals surface area contributed by atoms with Crippen LogP contribution in [-0.4, -0.2) is 77.5 Å². The minimum Gasteiger partial charge on any atom is -0.388 e. The first kappa shape index (κ1) is 15.4. The molecule has 20 heavy (non-hydrogen) atoms. The fraction of sp³-hybridized carbons (Fsp3) is 0.900. The summed E-state index contributed by atoms with van der Waals surface area (Å²) in [6.07, 6.45) is -10.4. The van der Waals surface area contributed by atoms with Crippen LogP contribution in [0.25, 0.3) is 0 Å². The van der Waals surface area contributed by atoms with Gasteiger partial charge in [-0.05, 0) is 0 Å². The molecule has 0 aliphatic carbocycles. The largest absolute Gasteiger partial charge is 0.471 e. The predicted octanol–water partition coefficient (Wildman–Crippen LogP) is -1.82. The molecule has 0 aromatic rings. The van der Waals surface area contributed by atoms with Gasteiger partial charge in [0, 0.05) is 13.1 Å². The number of nitrogens with zero attached hydrogens (tertiary/aromatic N) is 1. The molecule has 116 valence electrons. The van der Waals surface area contributed by atoms with Crippen LogP contribution in [0.4, 0.5) is 13.2 Å². The maximum atomic E-state index is 12.5. The minimum atomic E-state index is -5.07. The molecular formula is C10H15F3N2O5. The summed E-state index contributed by atoms with van der Waals surface area (Å²) < 4.78 is 47.9. The molecule has 1 amide bonds. The number of fused-ring (bicyclic) bond motifs is 1. The van der Waals surface area contributed by atoms with Crippen molar-refractivity contribution in [3.63, 3.8) is 0 Å². The molecule has 2 aliphatic rings. The Morgan fingerprint density at radius 3 is 2.55 bits per heavy atom. The first-order valence-corrected chi connectivity index (χ1v) is 5.98. The van der Waals surface area contributed by atoms with Crippen LogP contribution < -0.4 is 5.73 Å². The monoisotopic (exact) mass is 300 g/mol. The summed E-state index contributed by atoms with van der Waals surface area (Å²) >= 11 is 0. The molecular weight excluding hydrogens is 285 g/mol. The lowest BCUT2D eigenvalue weighted by Gasteiger charge is -2.49. The van der Waals surface area contributed by atoms with Crippen molar-refractivity contribution in [3.8, 4) is 0 Å². The highest BCUT2D eigenvalue weighted by Gasteiger charge is 2.54. The molecule has 0 aromatic heterocycles. The van der Waals surface area contributed by atoms with E-state index in [1.54, 1.807) is 0 Å². The van der Waals surface area contributed by atoms with E-state index in [1.165, 1.54) is 0 Å². The van der Waals surface area contributed by atoms with E-state index >= 15 is 0 Å². The van der Waals surface area contributed by atoms with Crippen LogP contribution >= 0.6 is 0 Å². The van der Waals surface area contributed by atoms with E-state index in [0.717, 1.165) is 0 Å². The molecule has 0 unspecified atom stereocenters. The zero-order valence-electron chi connectivity index (χ0n) is 10.3. The first-order valence-electron chi connectivity index (χ1n) is 5.98. The highest BCUT2D eigenvalue weighted by atomic mass is 19.4. The van der Waals surface area contributed by atoms with Crippen LogP contribution in [0.1, 0.15) is 0 Å². The summed E-state index contributed by atoms with van der Waals surface area (Å²) in [5, 5.41) is 19.7. The number of hydrogen-bond acceptors (Lipinski definition) is 6. The average molecular weight is 300 g/mol. The lowest BCUT2D eigenvalue weighted by Crippen LogP contribution is -2.69. The maximum absolute atomic E-state index is 12.5. The molecule has 2 heterocycles. The standard InChI is InChI=1S/C10H15F3N2O5/c11-10(12,13)9(18)15-1-2-19-8-5(15)7(17)6(16)4(3-14)20-8/h4-8,16-17H,1-3,14H2/t4-,5-,6+,7-,8+/m1/s1.